The molecule has 33 heavy (non-hydrogen) atoms. The number of hydrogen-bond acceptors (Lipinski definition) is 6. The van der Waals surface area contributed by atoms with Crippen LogP contribution in [-0.2, 0) is 19.6 Å². The Morgan fingerprint density at radius 3 is 2.48 bits per heavy atom. The molecule has 0 unspecified atom stereocenters. The van der Waals surface area contributed by atoms with Gasteiger partial charge in [-0.2, -0.15) is 0 Å². The van der Waals surface area contributed by atoms with Crippen molar-refractivity contribution < 1.29 is 27.9 Å². The third-order valence-electron chi connectivity index (χ3n) is 4.80. The lowest BCUT2D eigenvalue weighted by Gasteiger charge is -2.42. The van der Waals surface area contributed by atoms with Gasteiger partial charge in [-0.1, -0.05) is 30.9 Å². The van der Waals surface area contributed by atoms with Crippen molar-refractivity contribution in [2.75, 3.05) is 19.7 Å². The van der Waals surface area contributed by atoms with Crippen LogP contribution in [0.5, 0.6) is 0 Å². The van der Waals surface area contributed by atoms with Crippen molar-refractivity contribution in [3.63, 3.8) is 0 Å². The number of nitrogens with one attached hydrogen (secondary N) is 1. The predicted molar refractivity (Wildman–Crippen MR) is 125 cm³/mol. The molecule has 1 saturated heterocycles. The van der Waals surface area contributed by atoms with Gasteiger partial charge in [0.05, 0.1) is 35.0 Å². The van der Waals surface area contributed by atoms with Gasteiger partial charge < -0.3 is 14.7 Å². The summed E-state index contributed by atoms with van der Waals surface area (Å²) in [7, 11) is -3.68. The third kappa shape index (κ3) is 6.77. The maximum absolute atomic E-state index is 12.5. The van der Waals surface area contributed by atoms with Crippen LogP contribution in [0.2, 0.25) is 0 Å². The Morgan fingerprint density at radius 1 is 1.30 bits per heavy atom. The van der Waals surface area contributed by atoms with Gasteiger partial charge in [0, 0.05) is 20.0 Å². The molecule has 2 amide bonds. The number of rotatable bonds is 7. The minimum Gasteiger partial charge on any atom is -0.446 e. The molecule has 1 aromatic rings. The topological polar surface area (TPSA) is 116 Å². The van der Waals surface area contributed by atoms with Gasteiger partial charge in [0.25, 0.3) is 0 Å². The minimum atomic E-state index is -3.68. The molecule has 1 aromatic carbocycles. The quantitative estimate of drug-likeness (QED) is 0.623. The second-order valence-electron chi connectivity index (χ2n) is 7.83. The van der Waals surface area contributed by atoms with Crippen molar-refractivity contribution in [1.29, 1.82) is 0 Å². The van der Waals surface area contributed by atoms with Crippen LogP contribution in [0.15, 0.2) is 59.3 Å². The molecule has 10 heteroatoms. The number of allylic oxidation sites excluding steroid dienone is 2. The molecule has 2 N–H and O–H groups in total. The molecule has 0 aromatic heterocycles. The Hall–Kier alpha value is -2.95. The molecule has 1 aliphatic rings. The number of hydrogen-bond donors (Lipinski definition) is 2. The number of aliphatic hydroxyl groups excluding tert-OH is 1. The Morgan fingerprint density at radius 2 is 1.94 bits per heavy atom. The van der Waals surface area contributed by atoms with E-state index < -0.39 is 16.1 Å². The first-order chi connectivity index (χ1) is 15.5. The first kappa shape index (κ1) is 26.3. The molecule has 1 fully saturated rings. The predicted octanol–water partition coefficient (Wildman–Crippen LogP) is 2.47. The largest absolute Gasteiger partial charge is 0.446 e. The van der Waals surface area contributed by atoms with Crippen molar-refractivity contribution >= 4 is 28.1 Å². The SMILES string of the molecule is C=C1/C(=C\C=C\c2ccc(S(=O)(=O)NCCO)cc2)N(C(C)=O)[C@@H](C)CN1C(=O)OC(C)C. The van der Waals surface area contributed by atoms with Crippen LogP contribution in [0.1, 0.15) is 33.3 Å². The second kappa shape index (κ2) is 11.3. The van der Waals surface area contributed by atoms with E-state index >= 15 is 0 Å². The molecule has 0 aliphatic carbocycles. The molecule has 0 saturated carbocycles. The van der Waals surface area contributed by atoms with Crippen LogP contribution < -0.4 is 4.72 Å². The van der Waals surface area contributed by atoms with E-state index in [-0.39, 0.29) is 42.6 Å². The summed E-state index contributed by atoms with van der Waals surface area (Å²) in [6.45, 7) is 10.7. The van der Waals surface area contributed by atoms with E-state index in [9.17, 15) is 18.0 Å². The van der Waals surface area contributed by atoms with Gasteiger partial charge in [-0.05, 0) is 44.5 Å². The summed E-state index contributed by atoms with van der Waals surface area (Å²) in [5, 5.41) is 8.80. The smallest absolute Gasteiger partial charge is 0.414 e. The van der Waals surface area contributed by atoms with Crippen molar-refractivity contribution in [3.05, 3.63) is 60.0 Å². The number of piperazine rings is 1. The van der Waals surface area contributed by atoms with Crippen LogP contribution in [0, 0.1) is 0 Å². The first-order valence-corrected chi connectivity index (χ1v) is 12.0. The summed E-state index contributed by atoms with van der Waals surface area (Å²) < 4.78 is 31.8. The van der Waals surface area contributed by atoms with Crippen LogP contribution in [0.3, 0.4) is 0 Å². The van der Waals surface area contributed by atoms with E-state index in [1.54, 1.807) is 49.1 Å². The zero-order valence-corrected chi connectivity index (χ0v) is 20.1. The lowest BCUT2D eigenvalue weighted by molar-refractivity contribution is -0.129. The molecule has 1 atom stereocenters. The maximum Gasteiger partial charge on any atom is 0.414 e. The first-order valence-electron chi connectivity index (χ1n) is 10.5. The van der Waals surface area contributed by atoms with Crippen LogP contribution >= 0.6 is 0 Å². The molecular formula is C23H31N3O6S. The highest BCUT2D eigenvalue weighted by Crippen LogP contribution is 2.28. The molecule has 1 heterocycles. The van der Waals surface area contributed by atoms with Gasteiger partial charge in [-0.3, -0.25) is 9.69 Å². The van der Waals surface area contributed by atoms with Crippen molar-refractivity contribution in [2.45, 2.75) is 44.7 Å². The van der Waals surface area contributed by atoms with Gasteiger partial charge in [-0.25, -0.2) is 17.9 Å². The van der Waals surface area contributed by atoms with Crippen molar-refractivity contribution in [1.82, 2.24) is 14.5 Å². The lowest BCUT2D eigenvalue weighted by atomic mass is 10.1. The molecule has 0 radical (unpaired) electrons. The third-order valence-corrected chi connectivity index (χ3v) is 6.28. The fourth-order valence-corrected chi connectivity index (χ4v) is 4.37. The standard InChI is InChI=1S/C23H31N3O6S/c1-16(2)32-23(29)25-15-17(3)26(19(5)28)22(18(25)4)8-6-7-20-9-11-21(12-10-20)33(30,31)24-13-14-27/h6-12,16-17,24,27H,4,13-15H2,1-3,5H3/b7-6+,22-8+/t17-/m0/s1. The zero-order chi connectivity index (χ0) is 24.8. The molecule has 0 spiro atoms. The van der Waals surface area contributed by atoms with Crippen LogP contribution in [-0.4, -0.2) is 67.2 Å². The second-order valence-corrected chi connectivity index (χ2v) is 9.60. The molecule has 2 rings (SSSR count). The highest BCUT2D eigenvalue weighted by Gasteiger charge is 2.35. The van der Waals surface area contributed by atoms with E-state index in [4.69, 9.17) is 9.84 Å². The Kier molecular flexibility index (Phi) is 8.98. The zero-order valence-electron chi connectivity index (χ0n) is 19.3. The Labute approximate surface area is 195 Å². The van der Waals surface area contributed by atoms with Gasteiger partial charge in [0.2, 0.25) is 15.9 Å². The Balaban J connectivity index is 2.27. The van der Waals surface area contributed by atoms with Gasteiger partial charge in [0.15, 0.2) is 0 Å². The number of carbonyl (C=O) groups is 2. The van der Waals surface area contributed by atoms with E-state index in [1.165, 1.54) is 24.0 Å². The number of nitrogens with zero attached hydrogens (tertiary/aromatic N) is 2. The lowest BCUT2D eigenvalue weighted by Crippen LogP contribution is -2.52. The average molecular weight is 478 g/mol. The van der Waals surface area contributed by atoms with Gasteiger partial charge in [-0.15, -0.1) is 0 Å². The minimum absolute atomic E-state index is 0.0613. The summed E-state index contributed by atoms with van der Waals surface area (Å²) in [5.74, 6) is -0.176. The number of benzene rings is 1. The number of amides is 2. The van der Waals surface area contributed by atoms with Gasteiger partial charge in [0.1, 0.15) is 0 Å². The summed E-state index contributed by atoms with van der Waals surface area (Å²) >= 11 is 0. The monoisotopic (exact) mass is 477 g/mol. The summed E-state index contributed by atoms with van der Waals surface area (Å²) in [5.41, 5.74) is 1.56. The number of ether oxygens (including phenoxy) is 1. The highest BCUT2D eigenvalue weighted by molar-refractivity contribution is 7.89. The highest BCUT2D eigenvalue weighted by atomic mass is 32.2. The average Bonchev–Trinajstić information content (AvgIpc) is 2.74. The summed E-state index contributed by atoms with van der Waals surface area (Å²) in [6, 6.07) is 5.91. The van der Waals surface area contributed by atoms with Crippen LogP contribution in [0.25, 0.3) is 6.08 Å². The van der Waals surface area contributed by atoms with E-state index in [0.29, 0.717) is 11.4 Å². The van der Waals surface area contributed by atoms with Crippen molar-refractivity contribution in [3.8, 4) is 0 Å². The van der Waals surface area contributed by atoms with E-state index in [0.717, 1.165) is 5.56 Å². The molecule has 1 aliphatic heterocycles. The molecular weight excluding hydrogens is 446 g/mol. The van der Waals surface area contributed by atoms with Gasteiger partial charge >= 0.3 is 6.09 Å². The summed E-state index contributed by atoms with van der Waals surface area (Å²) in [6.07, 6.45) is 4.32. The number of aliphatic hydroxyl groups is 1. The molecule has 9 nitrogen and oxygen atoms in total. The normalized spacial score (nSPS) is 18.4. The summed E-state index contributed by atoms with van der Waals surface area (Å²) in [4.78, 5) is 27.8. The molecule has 0 bridgehead atoms. The number of sulfonamides is 1. The number of carbonyl (C=O) groups excluding carboxylic acids is 2. The van der Waals surface area contributed by atoms with Crippen molar-refractivity contribution in [2.24, 2.45) is 0 Å². The van der Waals surface area contributed by atoms with E-state index in [1.807, 2.05) is 6.92 Å². The fourth-order valence-electron chi connectivity index (χ4n) is 3.35. The maximum atomic E-state index is 12.5. The fraction of sp³-hybridized carbons (Fsp3) is 0.391. The molecule has 180 valence electrons. The van der Waals surface area contributed by atoms with E-state index in [2.05, 4.69) is 11.3 Å². The van der Waals surface area contributed by atoms with Crippen LogP contribution in [0.4, 0.5) is 4.79 Å². The Bertz CT molecular complexity index is 1040.